The Hall–Kier alpha value is -4.59. The molecule has 0 radical (unpaired) electrons. The number of nitrogens with zero attached hydrogens (tertiary/aromatic N) is 1. The van der Waals surface area contributed by atoms with Crippen molar-refractivity contribution in [1.29, 1.82) is 0 Å². The number of hydrogen-bond acceptors (Lipinski definition) is 6. The molecule has 1 aliphatic heterocycles. The van der Waals surface area contributed by atoms with Gasteiger partial charge in [0.25, 0.3) is 0 Å². The van der Waals surface area contributed by atoms with Crippen LogP contribution < -0.4 is 9.47 Å². The Balaban J connectivity index is 1.49. The number of amides is 1. The lowest BCUT2D eigenvalue weighted by molar-refractivity contribution is -0.142. The van der Waals surface area contributed by atoms with E-state index in [-0.39, 0.29) is 25.1 Å². The highest BCUT2D eigenvalue weighted by Crippen LogP contribution is 2.43. The van der Waals surface area contributed by atoms with E-state index in [1.54, 1.807) is 11.0 Å². The highest BCUT2D eigenvalue weighted by molar-refractivity contribution is 5.86. The summed E-state index contributed by atoms with van der Waals surface area (Å²) in [6.07, 6.45) is -0.532. The molecule has 1 amide bonds. The topological polar surface area (TPSA) is 74.3 Å². The number of methoxy groups -OCH3 is 1. The number of rotatable bonds is 8. The summed E-state index contributed by atoms with van der Waals surface area (Å²) in [5, 5.41) is 2.13. The van der Waals surface area contributed by atoms with E-state index in [1.807, 2.05) is 88.4 Å². The normalized spacial score (nSPS) is 16.8. The lowest BCUT2D eigenvalue weighted by atomic mass is 9.83. The van der Waals surface area contributed by atoms with Gasteiger partial charge < -0.3 is 18.9 Å². The van der Waals surface area contributed by atoms with Gasteiger partial charge in [-0.15, -0.1) is 0 Å². The van der Waals surface area contributed by atoms with Gasteiger partial charge in [0.15, 0.2) is 6.61 Å². The van der Waals surface area contributed by atoms with E-state index >= 15 is 4.39 Å². The molecule has 0 saturated carbocycles. The van der Waals surface area contributed by atoms with Gasteiger partial charge in [0.2, 0.25) is 0 Å². The van der Waals surface area contributed by atoms with E-state index in [9.17, 15) is 9.59 Å². The zero-order valence-electron chi connectivity index (χ0n) is 25.7. The van der Waals surface area contributed by atoms with Crippen LogP contribution in [0.2, 0.25) is 0 Å². The summed E-state index contributed by atoms with van der Waals surface area (Å²) in [6, 6.07) is 25.8. The Kier molecular flexibility index (Phi) is 9.09. The third kappa shape index (κ3) is 6.96. The summed E-state index contributed by atoms with van der Waals surface area (Å²) in [6.45, 7) is 7.44. The smallest absolute Gasteiger partial charge is 0.410 e. The third-order valence-electron chi connectivity index (χ3n) is 7.78. The molecule has 1 heterocycles. The van der Waals surface area contributed by atoms with Gasteiger partial charge in [-0.1, -0.05) is 60.7 Å². The van der Waals surface area contributed by atoms with E-state index in [1.165, 1.54) is 19.2 Å². The average molecular weight is 600 g/mol. The third-order valence-corrected chi connectivity index (χ3v) is 7.78. The number of esters is 1. The van der Waals surface area contributed by atoms with Gasteiger partial charge in [-0.05, 0) is 80.3 Å². The first-order chi connectivity index (χ1) is 21.0. The highest BCUT2D eigenvalue weighted by atomic mass is 19.1. The van der Waals surface area contributed by atoms with Gasteiger partial charge in [0, 0.05) is 11.5 Å². The summed E-state index contributed by atoms with van der Waals surface area (Å²) in [7, 11) is 1.28. The van der Waals surface area contributed by atoms with Gasteiger partial charge >= 0.3 is 12.1 Å². The van der Waals surface area contributed by atoms with Gasteiger partial charge in [-0.3, -0.25) is 4.90 Å². The summed E-state index contributed by atoms with van der Waals surface area (Å²) >= 11 is 0. The van der Waals surface area contributed by atoms with Crippen LogP contribution in [-0.2, 0) is 14.3 Å². The molecule has 4 aromatic rings. The highest BCUT2D eigenvalue weighted by Gasteiger charge is 2.36. The molecule has 5 rings (SSSR count). The molecular formula is C36H38FNO6. The summed E-state index contributed by atoms with van der Waals surface area (Å²) in [5.74, 6) is -0.345. The minimum Gasteiger partial charge on any atom is -0.488 e. The standard InChI is InChI=1S/C36H38FNO6/c1-23(27-15-10-12-24-11-6-7-13-28(24)27)38(35(40)44-36(2,3)4)21-26-20-30(29-14-8-9-16-33(29)43-26)31-19-25(17-18-32(31)37)42-22-34(39)41-5/h6-19,23,26,30H,20-22H2,1-5H3/t23-,26-,30?/m1/s1. The fourth-order valence-corrected chi connectivity index (χ4v) is 5.69. The second-order valence-corrected chi connectivity index (χ2v) is 12.0. The van der Waals surface area contributed by atoms with Crippen molar-refractivity contribution in [3.05, 3.63) is 107 Å². The Labute approximate surface area is 257 Å². The number of para-hydroxylation sites is 1. The van der Waals surface area contributed by atoms with Crippen LogP contribution >= 0.6 is 0 Å². The van der Waals surface area contributed by atoms with Gasteiger partial charge in [0.05, 0.1) is 19.7 Å². The first-order valence-electron chi connectivity index (χ1n) is 14.8. The van der Waals surface area contributed by atoms with Crippen LogP contribution in [0.25, 0.3) is 10.8 Å². The lowest BCUT2D eigenvalue weighted by Gasteiger charge is -2.38. The van der Waals surface area contributed by atoms with Crippen LogP contribution in [-0.4, -0.2) is 48.9 Å². The fourth-order valence-electron chi connectivity index (χ4n) is 5.69. The second kappa shape index (κ2) is 13.0. The summed E-state index contributed by atoms with van der Waals surface area (Å²) in [4.78, 5) is 27.1. The molecule has 1 unspecified atom stereocenters. The molecule has 230 valence electrons. The van der Waals surface area contributed by atoms with E-state index in [2.05, 4.69) is 10.8 Å². The van der Waals surface area contributed by atoms with Gasteiger partial charge in [-0.2, -0.15) is 0 Å². The molecule has 0 saturated heterocycles. The molecule has 3 atom stereocenters. The zero-order chi connectivity index (χ0) is 31.4. The van der Waals surface area contributed by atoms with Crippen LogP contribution in [0.1, 0.15) is 62.8 Å². The molecule has 0 bridgehead atoms. The van der Waals surface area contributed by atoms with Crippen molar-refractivity contribution in [1.82, 2.24) is 4.90 Å². The Bertz CT molecular complexity index is 1640. The van der Waals surface area contributed by atoms with Gasteiger partial charge in [0.1, 0.15) is 29.0 Å². The molecule has 0 aromatic heterocycles. The van der Waals surface area contributed by atoms with Crippen molar-refractivity contribution < 1.29 is 32.9 Å². The van der Waals surface area contributed by atoms with Crippen LogP contribution in [0, 0.1) is 5.82 Å². The molecule has 4 aromatic carbocycles. The molecule has 1 aliphatic rings. The van der Waals surface area contributed by atoms with Crippen molar-refractivity contribution in [2.75, 3.05) is 20.3 Å². The van der Waals surface area contributed by atoms with Crippen molar-refractivity contribution in [3.63, 3.8) is 0 Å². The maximum Gasteiger partial charge on any atom is 0.410 e. The van der Waals surface area contributed by atoms with Crippen molar-refractivity contribution in [2.45, 2.75) is 57.8 Å². The molecule has 0 spiro atoms. The molecule has 8 heteroatoms. The molecule has 0 aliphatic carbocycles. The van der Waals surface area contributed by atoms with Gasteiger partial charge in [-0.25, -0.2) is 14.0 Å². The minimum atomic E-state index is -0.704. The van der Waals surface area contributed by atoms with E-state index in [4.69, 9.17) is 14.2 Å². The number of hydrogen-bond donors (Lipinski definition) is 0. The maximum absolute atomic E-state index is 15.4. The number of halogens is 1. The number of benzene rings is 4. The Morgan fingerprint density at radius 2 is 1.70 bits per heavy atom. The predicted molar refractivity (Wildman–Crippen MR) is 167 cm³/mol. The lowest BCUT2D eigenvalue weighted by Crippen LogP contribution is -2.45. The fraction of sp³-hybridized carbons (Fsp3) is 0.333. The predicted octanol–water partition coefficient (Wildman–Crippen LogP) is 7.81. The van der Waals surface area contributed by atoms with Crippen LogP contribution in [0.4, 0.5) is 9.18 Å². The van der Waals surface area contributed by atoms with Crippen LogP contribution in [0.5, 0.6) is 11.5 Å². The number of carbonyl (C=O) groups excluding carboxylic acids is 2. The SMILES string of the molecule is COC(=O)COc1ccc(F)c(C2C[C@H](CN(C(=O)OC(C)(C)C)[C@H](C)c3cccc4ccccc34)Oc3ccccc32)c1. The molecule has 7 nitrogen and oxygen atoms in total. The van der Waals surface area contributed by atoms with Crippen molar-refractivity contribution in [3.8, 4) is 11.5 Å². The van der Waals surface area contributed by atoms with E-state index in [0.717, 1.165) is 21.9 Å². The minimum absolute atomic E-state index is 0.213. The summed E-state index contributed by atoms with van der Waals surface area (Å²) < 4.78 is 38.0. The molecule has 0 fully saturated rings. The average Bonchev–Trinajstić information content (AvgIpc) is 3.01. The van der Waals surface area contributed by atoms with Crippen LogP contribution in [0.3, 0.4) is 0 Å². The number of fused-ring (bicyclic) bond motifs is 2. The monoisotopic (exact) mass is 599 g/mol. The number of carbonyl (C=O) groups is 2. The van der Waals surface area contributed by atoms with Crippen LogP contribution in [0.15, 0.2) is 84.9 Å². The van der Waals surface area contributed by atoms with E-state index in [0.29, 0.717) is 23.5 Å². The Morgan fingerprint density at radius 1 is 0.977 bits per heavy atom. The van der Waals surface area contributed by atoms with Crippen molar-refractivity contribution in [2.24, 2.45) is 0 Å². The molecular weight excluding hydrogens is 561 g/mol. The Morgan fingerprint density at radius 3 is 2.48 bits per heavy atom. The molecule has 44 heavy (non-hydrogen) atoms. The quantitative estimate of drug-likeness (QED) is 0.192. The zero-order valence-corrected chi connectivity index (χ0v) is 25.7. The van der Waals surface area contributed by atoms with Crippen molar-refractivity contribution >= 4 is 22.8 Å². The van der Waals surface area contributed by atoms with E-state index < -0.39 is 29.6 Å². The second-order valence-electron chi connectivity index (χ2n) is 12.0. The largest absolute Gasteiger partial charge is 0.488 e. The summed E-state index contributed by atoms with van der Waals surface area (Å²) in [5.41, 5.74) is 1.53. The first-order valence-corrected chi connectivity index (χ1v) is 14.8. The first kappa shape index (κ1) is 30.9. The maximum atomic E-state index is 15.4. The molecule has 0 N–H and O–H groups in total. The number of ether oxygens (including phenoxy) is 4.